The predicted molar refractivity (Wildman–Crippen MR) is 39.2 cm³/mol. The minimum Gasteiger partial charge on any atom is -0.388 e. The third kappa shape index (κ3) is 1.46. The van der Waals surface area contributed by atoms with Gasteiger partial charge in [0.15, 0.2) is 5.79 Å². The van der Waals surface area contributed by atoms with E-state index in [9.17, 15) is 15.3 Å². The summed E-state index contributed by atoms with van der Waals surface area (Å²) in [6.07, 6.45) is -3.76. The van der Waals surface area contributed by atoms with Crippen LogP contribution in [-0.2, 0) is 4.74 Å². The first-order chi connectivity index (χ1) is 5.51. The highest BCUT2D eigenvalue weighted by Crippen LogP contribution is 2.26. The van der Waals surface area contributed by atoms with Gasteiger partial charge in [-0.15, -0.1) is 0 Å². The highest BCUT2D eigenvalue weighted by atomic mass is 16.6. The van der Waals surface area contributed by atoms with Crippen LogP contribution >= 0.6 is 0 Å². The zero-order valence-corrected chi connectivity index (χ0v) is 6.84. The van der Waals surface area contributed by atoms with Crippen LogP contribution in [0.25, 0.3) is 0 Å². The molecule has 12 heavy (non-hydrogen) atoms. The van der Waals surface area contributed by atoms with Crippen molar-refractivity contribution in [2.45, 2.75) is 37.4 Å². The molecule has 0 aromatic carbocycles. The number of hydrogen-bond donors (Lipinski definition) is 4. The van der Waals surface area contributed by atoms with Gasteiger partial charge >= 0.3 is 0 Å². The molecule has 5 heteroatoms. The maximum Gasteiger partial charge on any atom is 0.194 e. The molecule has 0 unspecified atom stereocenters. The van der Waals surface area contributed by atoms with Crippen molar-refractivity contribution in [2.75, 3.05) is 6.61 Å². The second-order valence-corrected chi connectivity index (χ2v) is 3.01. The fourth-order valence-electron chi connectivity index (χ4n) is 1.20. The Morgan fingerprint density at radius 2 is 2.00 bits per heavy atom. The van der Waals surface area contributed by atoms with Crippen LogP contribution in [0.3, 0.4) is 0 Å². The van der Waals surface area contributed by atoms with Gasteiger partial charge in [-0.2, -0.15) is 0 Å². The monoisotopic (exact) mass is 178 g/mol. The van der Waals surface area contributed by atoms with E-state index >= 15 is 0 Å². The van der Waals surface area contributed by atoms with Crippen LogP contribution in [-0.4, -0.2) is 51.1 Å². The van der Waals surface area contributed by atoms with E-state index in [1.165, 1.54) is 0 Å². The van der Waals surface area contributed by atoms with Crippen LogP contribution in [0.2, 0.25) is 0 Å². The zero-order chi connectivity index (χ0) is 9.35. The molecule has 0 aromatic heterocycles. The Balaban J connectivity index is 2.71. The highest BCUT2D eigenvalue weighted by Gasteiger charge is 2.46. The van der Waals surface area contributed by atoms with Crippen molar-refractivity contribution in [1.82, 2.24) is 0 Å². The molecule has 4 N–H and O–H groups in total. The molecule has 0 amide bonds. The lowest BCUT2D eigenvalue weighted by atomic mass is 9.95. The van der Waals surface area contributed by atoms with Gasteiger partial charge in [-0.3, -0.25) is 0 Å². The Bertz CT molecular complexity index is 162. The average Bonchev–Trinajstić information content (AvgIpc) is 2.09. The molecule has 5 nitrogen and oxygen atoms in total. The van der Waals surface area contributed by atoms with E-state index in [1.807, 2.05) is 0 Å². The molecule has 1 aliphatic rings. The summed E-state index contributed by atoms with van der Waals surface area (Å²) in [7, 11) is 0. The van der Waals surface area contributed by atoms with Gasteiger partial charge in [0.05, 0.1) is 6.61 Å². The minimum atomic E-state index is -1.72. The van der Waals surface area contributed by atoms with Crippen molar-refractivity contribution in [3.8, 4) is 0 Å². The predicted octanol–water partition coefficient (Wildman–Crippen LogP) is -1.80. The molecule has 1 fully saturated rings. The molecular formula is C7H14O5. The van der Waals surface area contributed by atoms with E-state index in [0.717, 1.165) is 0 Å². The topological polar surface area (TPSA) is 90.2 Å². The van der Waals surface area contributed by atoms with Crippen molar-refractivity contribution in [3.05, 3.63) is 0 Å². The quantitative estimate of drug-likeness (QED) is 0.380. The maximum atomic E-state index is 9.49. The van der Waals surface area contributed by atoms with Crippen LogP contribution in [0, 0.1) is 0 Å². The molecule has 72 valence electrons. The highest BCUT2D eigenvalue weighted by molar-refractivity contribution is 4.90. The lowest BCUT2D eigenvalue weighted by molar-refractivity contribution is -0.321. The fraction of sp³-hybridized carbons (Fsp3) is 1.00. The number of hydrogen-bond acceptors (Lipinski definition) is 5. The summed E-state index contributed by atoms with van der Waals surface area (Å²) < 4.78 is 4.81. The van der Waals surface area contributed by atoms with Gasteiger partial charge in [0.1, 0.15) is 18.3 Å². The first kappa shape index (κ1) is 9.88. The molecule has 4 atom stereocenters. The van der Waals surface area contributed by atoms with Gasteiger partial charge in [0.2, 0.25) is 0 Å². The number of aliphatic hydroxyl groups excluding tert-OH is 3. The molecule has 1 heterocycles. The van der Waals surface area contributed by atoms with Crippen LogP contribution in [0.4, 0.5) is 0 Å². The van der Waals surface area contributed by atoms with Crippen LogP contribution in [0.1, 0.15) is 13.3 Å². The van der Waals surface area contributed by atoms with Gasteiger partial charge < -0.3 is 25.2 Å². The Morgan fingerprint density at radius 3 is 2.50 bits per heavy atom. The van der Waals surface area contributed by atoms with Gasteiger partial charge in [-0.25, -0.2) is 0 Å². The van der Waals surface area contributed by atoms with Crippen molar-refractivity contribution < 1.29 is 25.2 Å². The fourth-order valence-corrected chi connectivity index (χ4v) is 1.20. The average molecular weight is 178 g/mol. The van der Waals surface area contributed by atoms with Crippen molar-refractivity contribution in [2.24, 2.45) is 0 Å². The summed E-state index contributed by atoms with van der Waals surface area (Å²) in [6, 6.07) is 0. The normalized spacial score (nSPS) is 49.2. The van der Waals surface area contributed by atoms with Gasteiger partial charge in [-0.05, 0) is 0 Å². The SMILES string of the molecule is CC[C@]1(O)OC[C@H](O)[C@H](O)[C@H]1O. The molecule has 0 spiro atoms. The Labute approximate surface area is 70.2 Å². The van der Waals surface area contributed by atoms with Gasteiger partial charge in [0.25, 0.3) is 0 Å². The van der Waals surface area contributed by atoms with Crippen LogP contribution in [0.15, 0.2) is 0 Å². The summed E-state index contributed by atoms with van der Waals surface area (Å²) in [5.74, 6) is -1.72. The second-order valence-electron chi connectivity index (χ2n) is 3.01. The molecule has 0 radical (unpaired) electrons. The third-order valence-corrected chi connectivity index (χ3v) is 2.19. The smallest absolute Gasteiger partial charge is 0.194 e. The summed E-state index contributed by atoms with van der Waals surface area (Å²) in [6.45, 7) is 1.45. The van der Waals surface area contributed by atoms with E-state index in [0.29, 0.717) is 0 Å². The van der Waals surface area contributed by atoms with E-state index in [2.05, 4.69) is 0 Å². The number of rotatable bonds is 1. The third-order valence-electron chi connectivity index (χ3n) is 2.19. The van der Waals surface area contributed by atoms with Crippen LogP contribution in [0.5, 0.6) is 0 Å². The summed E-state index contributed by atoms with van der Waals surface area (Å²) in [5.41, 5.74) is 0. The largest absolute Gasteiger partial charge is 0.388 e. The lowest BCUT2D eigenvalue weighted by Crippen LogP contribution is -2.60. The van der Waals surface area contributed by atoms with E-state index in [-0.39, 0.29) is 13.0 Å². The summed E-state index contributed by atoms with van der Waals surface area (Å²) in [5, 5.41) is 37.0. The lowest BCUT2D eigenvalue weighted by Gasteiger charge is -2.41. The number of aliphatic hydroxyl groups is 4. The Kier molecular flexibility index (Phi) is 2.70. The van der Waals surface area contributed by atoms with Crippen LogP contribution < -0.4 is 0 Å². The number of ether oxygens (including phenoxy) is 1. The molecule has 0 aromatic rings. The molecule has 0 bridgehead atoms. The first-order valence-corrected chi connectivity index (χ1v) is 3.92. The van der Waals surface area contributed by atoms with Crippen molar-refractivity contribution in [1.29, 1.82) is 0 Å². The maximum absolute atomic E-state index is 9.49. The second kappa shape index (κ2) is 3.27. The Hall–Kier alpha value is -0.200. The molecular weight excluding hydrogens is 164 g/mol. The molecule has 0 aliphatic carbocycles. The standard InChI is InChI=1S/C7H14O5/c1-2-7(11)6(10)5(9)4(8)3-12-7/h4-6,8-11H,2-3H2,1H3/t4-,5-,6+,7-/m0/s1. The first-order valence-electron chi connectivity index (χ1n) is 3.92. The van der Waals surface area contributed by atoms with Crippen molar-refractivity contribution in [3.63, 3.8) is 0 Å². The van der Waals surface area contributed by atoms with E-state index in [1.54, 1.807) is 6.92 Å². The Morgan fingerprint density at radius 1 is 1.42 bits per heavy atom. The van der Waals surface area contributed by atoms with Crippen molar-refractivity contribution >= 4 is 0 Å². The summed E-state index contributed by atoms with van der Waals surface area (Å²) >= 11 is 0. The molecule has 1 rings (SSSR count). The summed E-state index contributed by atoms with van der Waals surface area (Å²) in [4.78, 5) is 0. The van der Waals surface area contributed by atoms with E-state index in [4.69, 9.17) is 9.84 Å². The van der Waals surface area contributed by atoms with Gasteiger partial charge in [0, 0.05) is 6.42 Å². The minimum absolute atomic E-state index is 0.164. The molecule has 0 saturated carbocycles. The zero-order valence-electron chi connectivity index (χ0n) is 6.84. The molecule has 1 saturated heterocycles. The molecule has 1 aliphatic heterocycles. The van der Waals surface area contributed by atoms with E-state index < -0.39 is 24.1 Å². The van der Waals surface area contributed by atoms with Gasteiger partial charge in [-0.1, -0.05) is 6.92 Å².